The van der Waals surface area contributed by atoms with Gasteiger partial charge in [0.05, 0.1) is 13.7 Å². The van der Waals surface area contributed by atoms with Crippen molar-refractivity contribution in [2.75, 3.05) is 20.3 Å². The molecule has 0 aliphatic carbocycles. The van der Waals surface area contributed by atoms with Crippen LogP contribution in [0.4, 0.5) is 4.39 Å². The number of halogens is 1. The zero-order valence-electron chi connectivity index (χ0n) is 9.16. The van der Waals surface area contributed by atoms with Crippen molar-refractivity contribution in [3.05, 3.63) is 17.4 Å². The molecule has 1 aromatic carbocycles. The van der Waals surface area contributed by atoms with Crippen LogP contribution in [0.3, 0.4) is 0 Å². The molecule has 6 heteroatoms. The highest BCUT2D eigenvalue weighted by atomic mass is 19.1. The highest BCUT2D eigenvalue weighted by Crippen LogP contribution is 2.40. The van der Waals surface area contributed by atoms with Crippen LogP contribution in [0.2, 0.25) is 0 Å². The summed E-state index contributed by atoms with van der Waals surface area (Å²) in [6.45, 7) is 0.633. The van der Waals surface area contributed by atoms with E-state index in [2.05, 4.69) is 4.99 Å². The van der Waals surface area contributed by atoms with E-state index in [0.29, 0.717) is 24.5 Å². The zero-order chi connectivity index (χ0) is 12.3. The van der Waals surface area contributed by atoms with Crippen LogP contribution in [0.1, 0.15) is 5.56 Å². The van der Waals surface area contributed by atoms with Crippen molar-refractivity contribution >= 4 is 6.08 Å². The van der Waals surface area contributed by atoms with Gasteiger partial charge < -0.3 is 14.2 Å². The minimum atomic E-state index is -0.638. The lowest BCUT2D eigenvalue weighted by Gasteiger charge is -2.21. The van der Waals surface area contributed by atoms with Crippen molar-refractivity contribution in [3.63, 3.8) is 0 Å². The number of fused-ring (bicyclic) bond motifs is 1. The second kappa shape index (κ2) is 4.84. The number of aliphatic imine (C=N–C) groups is 1. The summed E-state index contributed by atoms with van der Waals surface area (Å²) in [5.41, 5.74) is 0.414. The number of ether oxygens (including phenoxy) is 3. The zero-order valence-corrected chi connectivity index (χ0v) is 9.16. The molecule has 0 N–H and O–H groups in total. The number of benzene rings is 1. The van der Waals surface area contributed by atoms with Crippen molar-refractivity contribution in [3.8, 4) is 17.2 Å². The van der Waals surface area contributed by atoms with Gasteiger partial charge in [-0.3, -0.25) is 0 Å². The first-order valence-corrected chi connectivity index (χ1v) is 4.96. The molecule has 0 radical (unpaired) electrons. The molecule has 2 rings (SSSR count). The molecule has 0 amide bonds. The molecule has 0 saturated carbocycles. The van der Waals surface area contributed by atoms with Crippen molar-refractivity contribution in [2.24, 2.45) is 4.99 Å². The summed E-state index contributed by atoms with van der Waals surface area (Å²) in [4.78, 5) is 13.5. The van der Waals surface area contributed by atoms with Gasteiger partial charge in [-0.15, -0.1) is 0 Å². The maximum atomic E-state index is 14.0. The van der Waals surface area contributed by atoms with E-state index in [1.165, 1.54) is 13.2 Å². The fourth-order valence-electron chi connectivity index (χ4n) is 1.63. The van der Waals surface area contributed by atoms with Crippen LogP contribution in [0.15, 0.2) is 11.1 Å². The summed E-state index contributed by atoms with van der Waals surface area (Å²) in [5, 5.41) is 0. The van der Waals surface area contributed by atoms with Crippen LogP contribution in [0, 0.1) is 5.82 Å². The summed E-state index contributed by atoms with van der Waals surface area (Å²) in [6, 6.07) is 1.55. The van der Waals surface area contributed by atoms with E-state index in [1.807, 2.05) is 0 Å². The molecule has 1 heterocycles. The normalized spacial score (nSPS) is 12.8. The predicted octanol–water partition coefficient (Wildman–Crippen LogP) is 1.44. The van der Waals surface area contributed by atoms with E-state index in [4.69, 9.17) is 14.2 Å². The number of rotatable bonds is 3. The Morgan fingerprint density at radius 2 is 2.29 bits per heavy atom. The van der Waals surface area contributed by atoms with Gasteiger partial charge in [-0.05, 0) is 6.07 Å². The average Bonchev–Trinajstić information content (AvgIpc) is 2.36. The van der Waals surface area contributed by atoms with Crippen LogP contribution >= 0.6 is 0 Å². The molecule has 0 spiro atoms. The Kier molecular flexibility index (Phi) is 3.25. The maximum absolute atomic E-state index is 14.0. The molecule has 0 unspecified atom stereocenters. The molecule has 1 aliphatic heterocycles. The fraction of sp³-hybridized carbons (Fsp3) is 0.364. The number of methoxy groups -OCH3 is 1. The van der Waals surface area contributed by atoms with Crippen LogP contribution in [0.5, 0.6) is 17.2 Å². The minimum Gasteiger partial charge on any atom is -0.493 e. The molecule has 17 heavy (non-hydrogen) atoms. The Morgan fingerprint density at radius 3 is 3.00 bits per heavy atom. The lowest BCUT2D eigenvalue weighted by atomic mass is 10.1. The molecule has 0 atom stereocenters. The molecule has 90 valence electrons. The molecule has 0 bridgehead atoms. The van der Waals surface area contributed by atoms with Crippen LogP contribution in [0.25, 0.3) is 0 Å². The molecule has 1 aliphatic rings. The van der Waals surface area contributed by atoms with E-state index < -0.39 is 5.82 Å². The van der Waals surface area contributed by atoms with Gasteiger partial charge in [-0.1, -0.05) is 0 Å². The van der Waals surface area contributed by atoms with Gasteiger partial charge >= 0.3 is 0 Å². The summed E-state index contributed by atoms with van der Waals surface area (Å²) >= 11 is 0. The van der Waals surface area contributed by atoms with Crippen molar-refractivity contribution in [1.29, 1.82) is 0 Å². The average molecular weight is 239 g/mol. The monoisotopic (exact) mass is 239 g/mol. The smallest absolute Gasteiger partial charge is 0.235 e. The topological polar surface area (TPSA) is 57.1 Å². The highest BCUT2D eigenvalue weighted by Gasteiger charge is 2.23. The maximum Gasteiger partial charge on any atom is 0.235 e. The Hall–Kier alpha value is -2.07. The molecular weight excluding hydrogens is 229 g/mol. The molecular formula is C11H10FNO4. The Bertz CT molecular complexity index is 483. The molecule has 0 aromatic heterocycles. The standard InChI is InChI=1S/C11H10FNO4/c1-15-10-7(5-13-6-14)4-8-11(9(10)12)17-3-2-16-8/h4H,2-3,5H2,1H3. The van der Waals surface area contributed by atoms with Gasteiger partial charge in [-0.25, -0.2) is 9.79 Å². The molecule has 5 nitrogen and oxygen atoms in total. The van der Waals surface area contributed by atoms with Crippen LogP contribution in [-0.4, -0.2) is 26.4 Å². The third-order valence-corrected chi connectivity index (χ3v) is 2.32. The van der Waals surface area contributed by atoms with E-state index in [1.54, 1.807) is 6.07 Å². The Morgan fingerprint density at radius 1 is 1.53 bits per heavy atom. The molecule has 1 aromatic rings. The second-order valence-corrected chi connectivity index (χ2v) is 3.31. The Balaban J connectivity index is 2.51. The van der Waals surface area contributed by atoms with Crippen molar-refractivity contribution < 1.29 is 23.4 Å². The van der Waals surface area contributed by atoms with E-state index in [-0.39, 0.29) is 18.0 Å². The first-order chi connectivity index (χ1) is 8.27. The van der Waals surface area contributed by atoms with Crippen molar-refractivity contribution in [2.45, 2.75) is 6.54 Å². The van der Waals surface area contributed by atoms with E-state index in [9.17, 15) is 9.18 Å². The number of isocyanates is 1. The molecule has 0 fully saturated rings. The minimum absolute atomic E-state index is 0.00764. The number of hydrogen-bond acceptors (Lipinski definition) is 5. The van der Waals surface area contributed by atoms with Gasteiger partial charge in [0.2, 0.25) is 17.6 Å². The highest BCUT2D eigenvalue weighted by molar-refractivity contribution is 5.53. The van der Waals surface area contributed by atoms with Gasteiger partial charge in [0.15, 0.2) is 11.5 Å². The SMILES string of the molecule is COc1c(CN=C=O)cc2c(c1F)OCCO2. The predicted molar refractivity (Wildman–Crippen MR) is 55.8 cm³/mol. The first kappa shape index (κ1) is 11.4. The van der Waals surface area contributed by atoms with Gasteiger partial charge in [-0.2, -0.15) is 4.39 Å². The number of hydrogen-bond donors (Lipinski definition) is 0. The first-order valence-electron chi connectivity index (χ1n) is 4.96. The number of carbonyl (C=O) groups excluding carboxylic acids is 1. The van der Waals surface area contributed by atoms with E-state index >= 15 is 0 Å². The van der Waals surface area contributed by atoms with Crippen LogP contribution in [-0.2, 0) is 11.3 Å². The second-order valence-electron chi connectivity index (χ2n) is 3.31. The van der Waals surface area contributed by atoms with E-state index in [0.717, 1.165) is 0 Å². The van der Waals surface area contributed by atoms with Gasteiger partial charge in [0.1, 0.15) is 13.2 Å². The summed E-state index contributed by atoms with van der Waals surface area (Å²) in [6.07, 6.45) is 1.39. The molecule has 0 saturated heterocycles. The fourth-order valence-corrected chi connectivity index (χ4v) is 1.63. The summed E-state index contributed by atoms with van der Waals surface area (Å²) < 4.78 is 29.3. The summed E-state index contributed by atoms with van der Waals surface area (Å²) in [7, 11) is 1.34. The number of nitrogens with zero attached hydrogens (tertiary/aromatic N) is 1. The third-order valence-electron chi connectivity index (χ3n) is 2.32. The van der Waals surface area contributed by atoms with Gasteiger partial charge in [0, 0.05) is 5.56 Å². The van der Waals surface area contributed by atoms with Crippen LogP contribution < -0.4 is 14.2 Å². The van der Waals surface area contributed by atoms with Crippen molar-refractivity contribution in [1.82, 2.24) is 0 Å². The summed E-state index contributed by atoms with van der Waals surface area (Å²) in [5.74, 6) is -0.299. The lowest BCUT2D eigenvalue weighted by molar-refractivity contribution is 0.162. The quantitative estimate of drug-likeness (QED) is 0.591. The largest absolute Gasteiger partial charge is 0.493 e. The van der Waals surface area contributed by atoms with Gasteiger partial charge in [0.25, 0.3) is 0 Å². The lowest BCUT2D eigenvalue weighted by Crippen LogP contribution is -2.17. The third kappa shape index (κ3) is 2.07. The Labute approximate surface area is 96.8 Å².